The Hall–Kier alpha value is -4.51. The minimum atomic E-state index is -0.296. The third-order valence-electron chi connectivity index (χ3n) is 7.12. The first-order valence-electron chi connectivity index (χ1n) is 12.7. The van der Waals surface area contributed by atoms with Crippen LogP contribution in [0.4, 0.5) is 5.82 Å². The molecule has 0 atom stereocenters. The molecule has 1 aromatic heterocycles. The topological polar surface area (TPSA) is 49.3 Å². The first-order valence-corrected chi connectivity index (χ1v) is 12.7. The standard InChI is InChI=1S/C32H28N4O/c37-32(31(25-10-3-1-4-11-25)26-12-5-2-6-13-26)36-21-19-35(20-22-36)30-18-17-29(33-34-30)28-16-15-24-9-7-8-14-27(24)23-28/h1-18,23,31H,19-22H2. The molecule has 0 unspecified atom stereocenters. The second-order valence-electron chi connectivity index (χ2n) is 9.41. The minimum absolute atomic E-state index is 0.148. The monoisotopic (exact) mass is 484 g/mol. The van der Waals surface area contributed by atoms with Crippen molar-refractivity contribution in [1.29, 1.82) is 0 Å². The number of nitrogens with zero attached hydrogens (tertiary/aromatic N) is 4. The zero-order chi connectivity index (χ0) is 25.0. The summed E-state index contributed by atoms with van der Waals surface area (Å²) in [6.07, 6.45) is 0. The average Bonchev–Trinajstić information content (AvgIpc) is 2.98. The van der Waals surface area contributed by atoms with Crippen molar-refractivity contribution in [2.24, 2.45) is 0 Å². The molecule has 5 aromatic rings. The van der Waals surface area contributed by atoms with Crippen LogP contribution in [0.3, 0.4) is 0 Å². The molecule has 1 amide bonds. The van der Waals surface area contributed by atoms with E-state index < -0.39 is 0 Å². The number of anilines is 1. The predicted octanol–water partition coefficient (Wildman–Crippen LogP) is 5.78. The van der Waals surface area contributed by atoms with E-state index in [1.165, 1.54) is 10.8 Å². The Labute approximate surface area is 217 Å². The van der Waals surface area contributed by atoms with Crippen molar-refractivity contribution in [2.75, 3.05) is 31.1 Å². The third kappa shape index (κ3) is 4.81. The second-order valence-corrected chi connectivity index (χ2v) is 9.41. The molecule has 5 heteroatoms. The quantitative estimate of drug-likeness (QED) is 0.317. The fraction of sp³-hybridized carbons (Fsp3) is 0.156. The van der Waals surface area contributed by atoms with E-state index in [2.05, 4.69) is 45.4 Å². The third-order valence-corrected chi connectivity index (χ3v) is 7.12. The molecule has 5 nitrogen and oxygen atoms in total. The zero-order valence-corrected chi connectivity index (χ0v) is 20.6. The number of carbonyl (C=O) groups is 1. The van der Waals surface area contributed by atoms with Crippen LogP contribution in [0.1, 0.15) is 17.0 Å². The number of fused-ring (bicyclic) bond motifs is 1. The van der Waals surface area contributed by atoms with Crippen molar-refractivity contribution in [1.82, 2.24) is 15.1 Å². The highest BCUT2D eigenvalue weighted by Crippen LogP contribution is 2.28. The van der Waals surface area contributed by atoms with Crippen LogP contribution in [0.2, 0.25) is 0 Å². The Kier molecular flexibility index (Phi) is 6.34. The van der Waals surface area contributed by atoms with Gasteiger partial charge in [-0.3, -0.25) is 4.79 Å². The maximum absolute atomic E-state index is 13.7. The highest BCUT2D eigenvalue weighted by Gasteiger charge is 2.30. The molecule has 1 aliphatic heterocycles. The fourth-order valence-electron chi connectivity index (χ4n) is 5.10. The van der Waals surface area contributed by atoms with Crippen LogP contribution in [-0.4, -0.2) is 47.2 Å². The van der Waals surface area contributed by atoms with Gasteiger partial charge in [-0.15, -0.1) is 10.2 Å². The van der Waals surface area contributed by atoms with Gasteiger partial charge in [-0.1, -0.05) is 97.1 Å². The highest BCUT2D eigenvalue weighted by molar-refractivity contribution is 5.88. The van der Waals surface area contributed by atoms with Gasteiger partial charge in [0.05, 0.1) is 11.6 Å². The highest BCUT2D eigenvalue weighted by atomic mass is 16.2. The van der Waals surface area contributed by atoms with E-state index in [1.54, 1.807) is 0 Å². The lowest BCUT2D eigenvalue weighted by molar-refractivity contribution is -0.132. The van der Waals surface area contributed by atoms with Crippen LogP contribution < -0.4 is 4.90 Å². The summed E-state index contributed by atoms with van der Waals surface area (Å²) in [6, 6.07) is 38.9. The summed E-state index contributed by atoms with van der Waals surface area (Å²) >= 11 is 0. The van der Waals surface area contributed by atoms with Crippen LogP contribution in [-0.2, 0) is 4.79 Å². The molecule has 2 heterocycles. The van der Waals surface area contributed by atoms with Crippen LogP contribution >= 0.6 is 0 Å². The van der Waals surface area contributed by atoms with Gasteiger partial charge < -0.3 is 9.80 Å². The summed E-state index contributed by atoms with van der Waals surface area (Å²) in [7, 11) is 0. The molecular weight excluding hydrogens is 456 g/mol. The van der Waals surface area contributed by atoms with E-state index in [0.717, 1.165) is 41.3 Å². The number of carbonyl (C=O) groups excluding carboxylic acids is 1. The van der Waals surface area contributed by atoms with Crippen LogP contribution in [0.5, 0.6) is 0 Å². The largest absolute Gasteiger partial charge is 0.352 e. The molecule has 1 saturated heterocycles. The minimum Gasteiger partial charge on any atom is -0.352 e. The Morgan fingerprint density at radius 2 is 1.24 bits per heavy atom. The van der Waals surface area contributed by atoms with E-state index >= 15 is 0 Å². The van der Waals surface area contributed by atoms with Gasteiger partial charge in [0.1, 0.15) is 0 Å². The normalized spacial score (nSPS) is 13.8. The van der Waals surface area contributed by atoms with Crippen LogP contribution in [0.25, 0.3) is 22.0 Å². The van der Waals surface area contributed by atoms with E-state index in [1.807, 2.05) is 89.8 Å². The molecule has 6 rings (SSSR count). The Morgan fingerprint density at radius 1 is 0.622 bits per heavy atom. The summed E-state index contributed by atoms with van der Waals surface area (Å²) in [6.45, 7) is 2.77. The van der Waals surface area contributed by atoms with Crippen molar-refractivity contribution in [2.45, 2.75) is 5.92 Å². The molecule has 0 aliphatic carbocycles. The van der Waals surface area contributed by atoms with E-state index in [4.69, 9.17) is 0 Å². The number of hydrogen-bond acceptors (Lipinski definition) is 4. The summed E-state index contributed by atoms with van der Waals surface area (Å²) < 4.78 is 0. The first-order chi connectivity index (χ1) is 18.3. The number of rotatable bonds is 5. The maximum atomic E-state index is 13.7. The summed E-state index contributed by atoms with van der Waals surface area (Å²) in [5.74, 6) is 0.698. The molecule has 1 aliphatic rings. The number of aromatic nitrogens is 2. The molecule has 0 saturated carbocycles. The molecule has 4 aromatic carbocycles. The van der Waals surface area contributed by atoms with Gasteiger partial charge in [0, 0.05) is 31.7 Å². The van der Waals surface area contributed by atoms with Gasteiger partial charge >= 0.3 is 0 Å². The first kappa shape index (κ1) is 22.9. The Morgan fingerprint density at radius 3 is 1.86 bits per heavy atom. The number of piperazine rings is 1. The van der Waals surface area contributed by atoms with Crippen LogP contribution in [0, 0.1) is 0 Å². The molecule has 0 spiro atoms. The zero-order valence-electron chi connectivity index (χ0n) is 20.6. The fourth-order valence-corrected chi connectivity index (χ4v) is 5.10. The SMILES string of the molecule is O=C(C(c1ccccc1)c1ccccc1)N1CCN(c2ccc(-c3ccc4ccccc4c3)nn2)CC1. The van der Waals surface area contributed by atoms with Gasteiger partial charge in [0.15, 0.2) is 5.82 Å². The lowest BCUT2D eigenvalue weighted by Crippen LogP contribution is -2.50. The molecule has 37 heavy (non-hydrogen) atoms. The Balaban J connectivity index is 1.15. The number of hydrogen-bond donors (Lipinski definition) is 0. The number of benzene rings is 4. The van der Waals surface area contributed by atoms with Crippen LogP contribution in [0.15, 0.2) is 115 Å². The van der Waals surface area contributed by atoms with E-state index in [9.17, 15) is 4.79 Å². The van der Waals surface area contributed by atoms with Crippen molar-refractivity contribution >= 4 is 22.5 Å². The Bertz CT molecular complexity index is 1460. The summed E-state index contributed by atoms with van der Waals surface area (Å²) in [5, 5.41) is 11.5. The smallest absolute Gasteiger partial charge is 0.234 e. The van der Waals surface area contributed by atoms with Gasteiger partial charge in [-0.05, 0) is 40.1 Å². The van der Waals surface area contributed by atoms with E-state index in [-0.39, 0.29) is 11.8 Å². The van der Waals surface area contributed by atoms with E-state index in [0.29, 0.717) is 13.1 Å². The molecule has 182 valence electrons. The second kappa shape index (κ2) is 10.2. The molecular formula is C32H28N4O. The summed E-state index contributed by atoms with van der Waals surface area (Å²) in [5.41, 5.74) is 3.96. The molecule has 0 bridgehead atoms. The van der Waals surface area contributed by atoms with Gasteiger partial charge in [0.2, 0.25) is 5.91 Å². The lowest BCUT2D eigenvalue weighted by Gasteiger charge is -2.37. The molecule has 0 radical (unpaired) electrons. The average molecular weight is 485 g/mol. The van der Waals surface area contributed by atoms with Gasteiger partial charge in [-0.2, -0.15) is 0 Å². The maximum Gasteiger partial charge on any atom is 0.234 e. The molecule has 1 fully saturated rings. The predicted molar refractivity (Wildman–Crippen MR) is 148 cm³/mol. The van der Waals surface area contributed by atoms with Crippen molar-refractivity contribution in [3.05, 3.63) is 126 Å². The lowest BCUT2D eigenvalue weighted by atomic mass is 9.90. The molecule has 0 N–H and O–H groups in total. The van der Waals surface area contributed by atoms with Crippen molar-refractivity contribution < 1.29 is 4.79 Å². The number of amides is 1. The van der Waals surface area contributed by atoms with Crippen molar-refractivity contribution in [3.8, 4) is 11.3 Å². The summed E-state index contributed by atoms with van der Waals surface area (Å²) in [4.78, 5) is 17.9. The van der Waals surface area contributed by atoms with Gasteiger partial charge in [0.25, 0.3) is 0 Å². The van der Waals surface area contributed by atoms with Gasteiger partial charge in [-0.25, -0.2) is 0 Å². The van der Waals surface area contributed by atoms with Crippen molar-refractivity contribution in [3.63, 3.8) is 0 Å².